The van der Waals surface area contributed by atoms with Gasteiger partial charge >= 0.3 is 12.1 Å². The van der Waals surface area contributed by atoms with E-state index < -0.39 is 35.1 Å². The molecule has 3 aromatic rings. The van der Waals surface area contributed by atoms with Gasteiger partial charge in [-0.15, -0.1) is 0 Å². The van der Waals surface area contributed by atoms with Crippen LogP contribution in [-0.4, -0.2) is 18.3 Å². The summed E-state index contributed by atoms with van der Waals surface area (Å²) in [5.74, 6) is -5.38. The highest BCUT2D eigenvalue weighted by atomic mass is 19.4. The second-order valence-electron chi connectivity index (χ2n) is 7.41. The summed E-state index contributed by atoms with van der Waals surface area (Å²) in [7, 11) is 0. The maximum absolute atomic E-state index is 15.7. The molecule has 1 aliphatic rings. The van der Waals surface area contributed by atoms with Crippen molar-refractivity contribution in [1.82, 2.24) is 0 Å². The normalized spacial score (nSPS) is 16.7. The molecule has 1 heterocycles. The van der Waals surface area contributed by atoms with Crippen LogP contribution in [0, 0.1) is 0 Å². The number of hydrogen-bond acceptors (Lipinski definition) is 2. The van der Waals surface area contributed by atoms with Gasteiger partial charge in [0.15, 0.2) is 0 Å². The summed E-state index contributed by atoms with van der Waals surface area (Å²) in [5, 5.41) is 0. The lowest BCUT2D eigenvalue weighted by molar-refractivity contribution is -0.137. The predicted molar refractivity (Wildman–Crippen MR) is 107 cm³/mol. The molecule has 160 valence electrons. The van der Waals surface area contributed by atoms with E-state index in [0.717, 1.165) is 17.7 Å². The molecular formula is C24H18F5NO. The van der Waals surface area contributed by atoms with Crippen LogP contribution in [0.1, 0.15) is 33.1 Å². The van der Waals surface area contributed by atoms with Crippen molar-refractivity contribution in [1.29, 1.82) is 0 Å². The minimum absolute atomic E-state index is 0.279. The Morgan fingerprint density at radius 2 is 1.42 bits per heavy atom. The molecule has 3 aromatic carbocycles. The molecule has 2 nitrogen and oxygen atoms in total. The number of benzene rings is 3. The monoisotopic (exact) mass is 431 g/mol. The molecule has 0 bridgehead atoms. The summed E-state index contributed by atoms with van der Waals surface area (Å²) >= 11 is 0. The maximum Gasteiger partial charge on any atom is 0.416 e. The number of fused-ring (bicyclic) bond motifs is 1. The van der Waals surface area contributed by atoms with Gasteiger partial charge in [0, 0.05) is 17.8 Å². The lowest BCUT2D eigenvalue weighted by Gasteiger charge is -2.42. The van der Waals surface area contributed by atoms with Gasteiger partial charge < -0.3 is 4.90 Å². The molecule has 0 spiro atoms. The predicted octanol–water partition coefficient (Wildman–Crippen LogP) is 6.33. The molecule has 0 amide bonds. The molecule has 0 saturated heterocycles. The Labute approximate surface area is 175 Å². The minimum atomic E-state index is -4.61. The zero-order chi connectivity index (χ0) is 22.2. The first-order chi connectivity index (χ1) is 14.7. The first-order valence-electron chi connectivity index (χ1n) is 9.69. The third kappa shape index (κ3) is 3.92. The molecule has 0 fully saturated rings. The summed E-state index contributed by atoms with van der Waals surface area (Å²) in [6, 6.07) is 16.7. The van der Waals surface area contributed by atoms with Crippen molar-refractivity contribution >= 4 is 11.5 Å². The number of alkyl halides is 5. The van der Waals surface area contributed by atoms with Crippen LogP contribution in [0.25, 0.3) is 0 Å². The molecule has 0 N–H and O–H groups in total. The second-order valence-corrected chi connectivity index (χ2v) is 7.41. The van der Waals surface area contributed by atoms with E-state index in [-0.39, 0.29) is 6.54 Å². The van der Waals surface area contributed by atoms with Crippen LogP contribution < -0.4 is 4.90 Å². The van der Waals surface area contributed by atoms with E-state index >= 15 is 8.78 Å². The smallest absolute Gasteiger partial charge is 0.358 e. The number of para-hydroxylation sites is 1. The lowest BCUT2D eigenvalue weighted by Crippen LogP contribution is -2.49. The topological polar surface area (TPSA) is 20.3 Å². The number of hydrogen-bond donors (Lipinski definition) is 0. The van der Waals surface area contributed by atoms with E-state index in [1.165, 1.54) is 4.90 Å². The van der Waals surface area contributed by atoms with Crippen molar-refractivity contribution < 1.29 is 26.7 Å². The van der Waals surface area contributed by atoms with Crippen LogP contribution in [0.3, 0.4) is 0 Å². The van der Waals surface area contributed by atoms with E-state index in [1.807, 2.05) is 0 Å². The Morgan fingerprint density at radius 1 is 0.806 bits per heavy atom. The van der Waals surface area contributed by atoms with Crippen LogP contribution in [0.4, 0.5) is 27.6 Å². The fourth-order valence-electron chi connectivity index (χ4n) is 3.98. The second kappa shape index (κ2) is 7.80. The van der Waals surface area contributed by atoms with Gasteiger partial charge in [-0.05, 0) is 41.8 Å². The van der Waals surface area contributed by atoms with Crippen molar-refractivity contribution in [2.24, 2.45) is 0 Å². The fourth-order valence-corrected chi connectivity index (χ4v) is 3.98. The van der Waals surface area contributed by atoms with E-state index in [0.29, 0.717) is 29.8 Å². The molecule has 31 heavy (non-hydrogen) atoms. The number of ketones is 1. The average molecular weight is 431 g/mol. The highest BCUT2D eigenvalue weighted by Crippen LogP contribution is 2.44. The molecular weight excluding hydrogens is 413 g/mol. The number of carbonyl (C=O) groups excluding carboxylic acids is 1. The van der Waals surface area contributed by atoms with Crippen LogP contribution >= 0.6 is 0 Å². The Kier molecular flexibility index (Phi) is 5.29. The van der Waals surface area contributed by atoms with Gasteiger partial charge in [-0.2, -0.15) is 22.0 Å². The molecule has 1 aliphatic heterocycles. The number of Topliss-reactive ketones (excluding diaryl/α,β-unsaturated/α-hetero) is 1. The number of nitrogens with zero attached hydrogens (tertiary/aromatic N) is 1. The van der Waals surface area contributed by atoms with Gasteiger partial charge in [-0.1, -0.05) is 54.6 Å². The fraction of sp³-hybridized carbons (Fsp3) is 0.208. The molecule has 7 heteroatoms. The molecule has 1 atom stereocenters. The maximum atomic E-state index is 15.7. The molecule has 0 saturated carbocycles. The Bertz CT molecular complexity index is 1080. The van der Waals surface area contributed by atoms with E-state index in [1.54, 1.807) is 54.6 Å². The third-order valence-electron chi connectivity index (χ3n) is 5.49. The quantitative estimate of drug-likeness (QED) is 0.356. The van der Waals surface area contributed by atoms with Crippen molar-refractivity contribution in [2.45, 2.75) is 24.6 Å². The molecule has 0 aromatic heterocycles. The standard InChI is InChI=1S/C24H18F5NO/c25-23(26,22(31)17-10-12-18(13-11-17)24(27,28)29)21-20-9-5-4-6-16(20)14-15-30(21)19-7-2-1-3-8-19/h1-13,21H,14-15H2. The van der Waals surface area contributed by atoms with Gasteiger partial charge in [0.05, 0.1) is 5.56 Å². The first-order valence-corrected chi connectivity index (χ1v) is 9.69. The number of anilines is 1. The van der Waals surface area contributed by atoms with Crippen molar-refractivity contribution in [2.75, 3.05) is 11.4 Å². The summed E-state index contributed by atoms with van der Waals surface area (Å²) in [4.78, 5) is 14.3. The lowest BCUT2D eigenvalue weighted by atomic mass is 9.85. The summed E-state index contributed by atoms with van der Waals surface area (Å²) in [5.41, 5.74) is 0.139. The highest BCUT2D eigenvalue weighted by Gasteiger charge is 2.52. The summed E-state index contributed by atoms with van der Waals surface area (Å²) < 4.78 is 69.9. The number of rotatable bonds is 4. The van der Waals surface area contributed by atoms with Crippen LogP contribution in [0.5, 0.6) is 0 Å². The van der Waals surface area contributed by atoms with Crippen molar-refractivity contribution in [3.63, 3.8) is 0 Å². The van der Waals surface area contributed by atoms with Gasteiger partial charge in [-0.25, -0.2) is 0 Å². The molecule has 1 unspecified atom stereocenters. The van der Waals surface area contributed by atoms with Gasteiger partial charge in [-0.3, -0.25) is 4.79 Å². The SMILES string of the molecule is O=C(c1ccc(C(F)(F)F)cc1)C(F)(F)C1c2ccccc2CCN1c1ccccc1. The summed E-state index contributed by atoms with van der Waals surface area (Å²) in [6.45, 7) is 0.279. The largest absolute Gasteiger partial charge is 0.416 e. The van der Waals surface area contributed by atoms with E-state index in [9.17, 15) is 18.0 Å². The van der Waals surface area contributed by atoms with Gasteiger partial charge in [0.1, 0.15) is 6.04 Å². The average Bonchev–Trinajstić information content (AvgIpc) is 2.77. The van der Waals surface area contributed by atoms with Gasteiger partial charge in [0.2, 0.25) is 5.78 Å². The van der Waals surface area contributed by atoms with Crippen molar-refractivity contribution in [3.05, 3.63) is 101 Å². The Balaban J connectivity index is 1.76. The van der Waals surface area contributed by atoms with E-state index in [4.69, 9.17) is 0 Å². The Hall–Kier alpha value is -3.22. The van der Waals surface area contributed by atoms with Crippen LogP contribution in [0.2, 0.25) is 0 Å². The van der Waals surface area contributed by atoms with E-state index in [2.05, 4.69) is 0 Å². The highest BCUT2D eigenvalue weighted by molar-refractivity contribution is 6.02. The number of halogens is 5. The van der Waals surface area contributed by atoms with Crippen molar-refractivity contribution in [3.8, 4) is 0 Å². The molecule has 0 radical (unpaired) electrons. The molecule has 0 aliphatic carbocycles. The zero-order valence-electron chi connectivity index (χ0n) is 16.2. The third-order valence-corrected chi connectivity index (χ3v) is 5.49. The number of carbonyl (C=O) groups is 1. The van der Waals surface area contributed by atoms with Crippen LogP contribution in [-0.2, 0) is 12.6 Å². The van der Waals surface area contributed by atoms with Crippen LogP contribution in [0.15, 0.2) is 78.9 Å². The molecule has 4 rings (SSSR count). The zero-order valence-corrected chi connectivity index (χ0v) is 16.2. The first kappa shape index (κ1) is 21.0. The Morgan fingerprint density at radius 3 is 2.06 bits per heavy atom. The minimum Gasteiger partial charge on any atom is -0.358 e. The summed E-state index contributed by atoms with van der Waals surface area (Å²) in [6.07, 6.45) is -4.08. The van der Waals surface area contributed by atoms with Gasteiger partial charge in [0.25, 0.3) is 0 Å².